The Hall–Kier alpha value is -0.120. The molecule has 0 heterocycles. The Bertz CT molecular complexity index is 189. The lowest BCUT2D eigenvalue weighted by Gasteiger charge is -2.29. The Labute approximate surface area is 106 Å². The highest BCUT2D eigenvalue weighted by molar-refractivity contribution is 4.88. The highest BCUT2D eigenvalue weighted by Gasteiger charge is 2.34. The van der Waals surface area contributed by atoms with Gasteiger partial charge in [-0.25, -0.2) is 0 Å². The fourth-order valence-corrected chi connectivity index (χ4v) is 2.38. The second kappa shape index (κ2) is 8.06. The molecule has 3 nitrogen and oxygen atoms in total. The van der Waals surface area contributed by atoms with E-state index < -0.39 is 0 Å². The van der Waals surface area contributed by atoms with Crippen LogP contribution in [0.4, 0.5) is 0 Å². The van der Waals surface area contributed by atoms with Crippen molar-refractivity contribution >= 4 is 0 Å². The minimum absolute atomic E-state index is 0.0944. The number of hydrogen-bond acceptors (Lipinski definition) is 3. The highest BCUT2D eigenvalue weighted by Crippen LogP contribution is 2.32. The lowest BCUT2D eigenvalue weighted by molar-refractivity contribution is -0.0644. The predicted molar refractivity (Wildman–Crippen MR) is 71.4 cm³/mol. The molecule has 0 atom stereocenters. The van der Waals surface area contributed by atoms with Crippen LogP contribution in [-0.2, 0) is 9.47 Å². The van der Waals surface area contributed by atoms with Crippen LogP contribution in [0.3, 0.4) is 0 Å². The molecule has 0 aromatic rings. The quantitative estimate of drug-likeness (QED) is 0.631. The second-order valence-electron chi connectivity index (χ2n) is 5.49. The van der Waals surface area contributed by atoms with E-state index in [0.717, 1.165) is 32.9 Å². The predicted octanol–water partition coefficient (Wildman–Crippen LogP) is 2.60. The van der Waals surface area contributed by atoms with Gasteiger partial charge in [0.05, 0.1) is 18.8 Å². The van der Waals surface area contributed by atoms with Gasteiger partial charge >= 0.3 is 0 Å². The Balaban J connectivity index is 2.16. The summed E-state index contributed by atoms with van der Waals surface area (Å²) in [6.45, 7) is 10.8. The topological polar surface area (TPSA) is 30.5 Å². The smallest absolute Gasteiger partial charge is 0.0807 e. The molecule has 0 aromatic heterocycles. The lowest BCUT2D eigenvalue weighted by Crippen LogP contribution is -2.41. The Kier molecular flexibility index (Phi) is 7.09. The van der Waals surface area contributed by atoms with E-state index in [1.807, 2.05) is 0 Å². The summed E-state index contributed by atoms with van der Waals surface area (Å²) < 4.78 is 11.6. The molecule has 0 aliphatic heterocycles. The van der Waals surface area contributed by atoms with E-state index in [9.17, 15) is 0 Å². The van der Waals surface area contributed by atoms with Gasteiger partial charge in [-0.2, -0.15) is 0 Å². The Morgan fingerprint density at radius 1 is 1.18 bits per heavy atom. The highest BCUT2D eigenvalue weighted by atomic mass is 16.5. The van der Waals surface area contributed by atoms with Crippen molar-refractivity contribution in [2.75, 3.05) is 32.9 Å². The first kappa shape index (κ1) is 14.9. The molecule has 1 fully saturated rings. The maximum Gasteiger partial charge on any atom is 0.0807 e. The number of ether oxygens (including phenoxy) is 2. The maximum atomic E-state index is 6.09. The largest absolute Gasteiger partial charge is 0.379 e. The zero-order valence-corrected chi connectivity index (χ0v) is 11.8. The van der Waals surface area contributed by atoms with Gasteiger partial charge in [0, 0.05) is 13.2 Å². The van der Waals surface area contributed by atoms with Crippen molar-refractivity contribution in [1.29, 1.82) is 0 Å². The molecule has 0 aromatic carbocycles. The first-order valence-corrected chi connectivity index (χ1v) is 7.11. The molecule has 1 N–H and O–H groups in total. The van der Waals surface area contributed by atoms with Gasteiger partial charge in [0.15, 0.2) is 0 Å². The van der Waals surface area contributed by atoms with E-state index in [4.69, 9.17) is 9.47 Å². The van der Waals surface area contributed by atoms with Crippen LogP contribution in [0.15, 0.2) is 0 Å². The fraction of sp³-hybridized carbons (Fsp3) is 1.00. The standard InChI is InChI=1S/C14H29NO2/c1-4-15-12-14(7-5-6-8-14)17-10-9-16-11-13(2)3/h13,15H,4-12H2,1-3H3. The summed E-state index contributed by atoms with van der Waals surface area (Å²) in [4.78, 5) is 0. The van der Waals surface area contributed by atoms with Crippen molar-refractivity contribution in [2.24, 2.45) is 5.92 Å². The molecule has 0 radical (unpaired) electrons. The number of rotatable bonds is 9. The summed E-state index contributed by atoms with van der Waals surface area (Å²) in [7, 11) is 0. The molecular formula is C14H29NO2. The summed E-state index contributed by atoms with van der Waals surface area (Å²) in [5, 5.41) is 3.42. The van der Waals surface area contributed by atoms with Crippen molar-refractivity contribution in [1.82, 2.24) is 5.32 Å². The van der Waals surface area contributed by atoms with E-state index in [2.05, 4.69) is 26.1 Å². The zero-order valence-electron chi connectivity index (χ0n) is 11.8. The fourth-order valence-electron chi connectivity index (χ4n) is 2.38. The third-order valence-electron chi connectivity index (χ3n) is 3.30. The molecule has 1 aliphatic rings. The van der Waals surface area contributed by atoms with Gasteiger partial charge in [0.1, 0.15) is 0 Å². The average Bonchev–Trinajstić information content (AvgIpc) is 2.75. The van der Waals surface area contributed by atoms with Crippen LogP contribution in [-0.4, -0.2) is 38.5 Å². The molecule has 0 amide bonds. The molecule has 102 valence electrons. The van der Waals surface area contributed by atoms with Gasteiger partial charge in [-0.3, -0.25) is 0 Å². The van der Waals surface area contributed by atoms with Crippen LogP contribution in [0.25, 0.3) is 0 Å². The van der Waals surface area contributed by atoms with Crippen LogP contribution in [0.5, 0.6) is 0 Å². The van der Waals surface area contributed by atoms with Crippen molar-refractivity contribution in [3.63, 3.8) is 0 Å². The van der Waals surface area contributed by atoms with Gasteiger partial charge in [0.2, 0.25) is 0 Å². The molecule has 1 rings (SSSR count). The molecular weight excluding hydrogens is 214 g/mol. The average molecular weight is 243 g/mol. The van der Waals surface area contributed by atoms with Gasteiger partial charge in [-0.15, -0.1) is 0 Å². The van der Waals surface area contributed by atoms with Gasteiger partial charge in [-0.1, -0.05) is 33.6 Å². The molecule has 3 heteroatoms. The monoisotopic (exact) mass is 243 g/mol. The molecule has 1 aliphatic carbocycles. The molecule has 0 bridgehead atoms. The molecule has 0 spiro atoms. The molecule has 1 saturated carbocycles. The van der Waals surface area contributed by atoms with E-state index in [-0.39, 0.29) is 5.60 Å². The van der Waals surface area contributed by atoms with Crippen LogP contribution >= 0.6 is 0 Å². The Morgan fingerprint density at radius 3 is 2.47 bits per heavy atom. The Morgan fingerprint density at radius 2 is 1.88 bits per heavy atom. The van der Waals surface area contributed by atoms with Crippen molar-refractivity contribution in [3.05, 3.63) is 0 Å². The first-order valence-electron chi connectivity index (χ1n) is 7.11. The second-order valence-corrected chi connectivity index (χ2v) is 5.49. The third kappa shape index (κ3) is 5.84. The minimum atomic E-state index is 0.0944. The van der Waals surface area contributed by atoms with Crippen LogP contribution in [0.2, 0.25) is 0 Å². The van der Waals surface area contributed by atoms with Gasteiger partial charge in [-0.05, 0) is 25.3 Å². The third-order valence-corrected chi connectivity index (χ3v) is 3.30. The number of nitrogens with one attached hydrogen (secondary N) is 1. The molecule has 0 unspecified atom stereocenters. The van der Waals surface area contributed by atoms with Crippen LogP contribution in [0.1, 0.15) is 46.5 Å². The van der Waals surface area contributed by atoms with Crippen molar-refractivity contribution in [3.8, 4) is 0 Å². The van der Waals surface area contributed by atoms with E-state index in [1.165, 1.54) is 25.7 Å². The van der Waals surface area contributed by atoms with Crippen molar-refractivity contribution in [2.45, 2.75) is 52.1 Å². The number of likely N-dealkylation sites (N-methyl/N-ethyl adjacent to an activating group) is 1. The van der Waals surface area contributed by atoms with E-state index in [1.54, 1.807) is 0 Å². The SMILES string of the molecule is CCNCC1(OCCOCC(C)C)CCCC1. The van der Waals surface area contributed by atoms with E-state index in [0.29, 0.717) is 5.92 Å². The van der Waals surface area contributed by atoms with Crippen molar-refractivity contribution < 1.29 is 9.47 Å². The zero-order chi connectivity index (χ0) is 12.6. The minimum Gasteiger partial charge on any atom is -0.379 e. The summed E-state index contributed by atoms with van der Waals surface area (Å²) >= 11 is 0. The summed E-state index contributed by atoms with van der Waals surface area (Å²) in [6, 6.07) is 0. The summed E-state index contributed by atoms with van der Waals surface area (Å²) in [5.74, 6) is 0.609. The van der Waals surface area contributed by atoms with Gasteiger partial charge in [0.25, 0.3) is 0 Å². The summed E-state index contributed by atoms with van der Waals surface area (Å²) in [6.07, 6.45) is 5.00. The van der Waals surface area contributed by atoms with Crippen LogP contribution < -0.4 is 5.32 Å². The molecule has 17 heavy (non-hydrogen) atoms. The first-order chi connectivity index (χ1) is 8.18. The number of hydrogen-bond donors (Lipinski definition) is 1. The summed E-state index contributed by atoms with van der Waals surface area (Å²) in [5.41, 5.74) is 0.0944. The van der Waals surface area contributed by atoms with E-state index >= 15 is 0 Å². The van der Waals surface area contributed by atoms with Gasteiger partial charge < -0.3 is 14.8 Å². The maximum absolute atomic E-state index is 6.09. The van der Waals surface area contributed by atoms with Crippen LogP contribution in [0, 0.1) is 5.92 Å². The normalized spacial score (nSPS) is 19.1. The lowest BCUT2D eigenvalue weighted by atomic mass is 10.0. The molecule has 0 saturated heterocycles.